The molecule has 1 unspecified atom stereocenters. The standard InChI is InChI=1S/C14H16O3S/c1-9(15)14-11(16-3)5-4-6-13(14)18-12-7-8-17-10(12)2/h4-9,15H,1-3H3. The second-order valence-electron chi connectivity index (χ2n) is 3.99. The van der Waals surface area contributed by atoms with Gasteiger partial charge in [-0.15, -0.1) is 0 Å². The molecule has 0 bridgehead atoms. The Morgan fingerprint density at radius 3 is 2.61 bits per heavy atom. The summed E-state index contributed by atoms with van der Waals surface area (Å²) in [5.41, 5.74) is 0.811. The smallest absolute Gasteiger partial charge is 0.125 e. The Kier molecular flexibility index (Phi) is 3.99. The molecule has 2 aromatic rings. The van der Waals surface area contributed by atoms with Crippen LogP contribution in [0.5, 0.6) is 5.75 Å². The van der Waals surface area contributed by atoms with Crippen LogP contribution in [0.3, 0.4) is 0 Å². The number of furan rings is 1. The minimum atomic E-state index is -0.573. The van der Waals surface area contributed by atoms with E-state index < -0.39 is 6.10 Å². The number of aryl methyl sites for hydroxylation is 1. The molecule has 1 atom stereocenters. The van der Waals surface area contributed by atoms with Gasteiger partial charge in [0.15, 0.2) is 0 Å². The first-order valence-electron chi connectivity index (χ1n) is 5.70. The van der Waals surface area contributed by atoms with Crippen molar-refractivity contribution in [2.24, 2.45) is 0 Å². The molecule has 0 spiro atoms. The number of rotatable bonds is 4. The lowest BCUT2D eigenvalue weighted by Gasteiger charge is -2.15. The van der Waals surface area contributed by atoms with Crippen molar-refractivity contribution in [2.45, 2.75) is 29.7 Å². The molecular weight excluding hydrogens is 248 g/mol. The summed E-state index contributed by atoms with van der Waals surface area (Å²) in [5.74, 6) is 1.58. The Labute approximate surface area is 111 Å². The molecule has 18 heavy (non-hydrogen) atoms. The van der Waals surface area contributed by atoms with Crippen LogP contribution in [-0.4, -0.2) is 12.2 Å². The van der Waals surface area contributed by atoms with Crippen LogP contribution in [-0.2, 0) is 0 Å². The zero-order valence-electron chi connectivity index (χ0n) is 10.6. The Hall–Kier alpha value is -1.39. The number of hydrogen-bond acceptors (Lipinski definition) is 4. The topological polar surface area (TPSA) is 42.6 Å². The lowest BCUT2D eigenvalue weighted by molar-refractivity contribution is 0.191. The van der Waals surface area contributed by atoms with Gasteiger partial charge in [-0.1, -0.05) is 17.8 Å². The van der Waals surface area contributed by atoms with Crippen LogP contribution in [0.25, 0.3) is 0 Å². The van der Waals surface area contributed by atoms with Crippen molar-refractivity contribution < 1.29 is 14.3 Å². The van der Waals surface area contributed by atoms with Crippen molar-refractivity contribution in [1.29, 1.82) is 0 Å². The van der Waals surface area contributed by atoms with Gasteiger partial charge in [0.05, 0.1) is 24.4 Å². The minimum absolute atomic E-state index is 0.573. The Bertz CT molecular complexity index is 532. The van der Waals surface area contributed by atoms with Gasteiger partial charge in [0.1, 0.15) is 11.5 Å². The number of hydrogen-bond donors (Lipinski definition) is 1. The molecule has 2 rings (SSSR count). The van der Waals surface area contributed by atoms with Crippen molar-refractivity contribution in [3.05, 3.63) is 41.9 Å². The van der Waals surface area contributed by atoms with Crippen molar-refractivity contribution in [2.75, 3.05) is 7.11 Å². The number of aliphatic hydroxyl groups excluding tert-OH is 1. The Morgan fingerprint density at radius 1 is 1.28 bits per heavy atom. The average Bonchev–Trinajstić information content (AvgIpc) is 2.74. The second-order valence-corrected chi connectivity index (χ2v) is 5.07. The predicted octanol–water partition coefficient (Wildman–Crippen LogP) is 3.80. The highest BCUT2D eigenvalue weighted by Gasteiger charge is 2.16. The van der Waals surface area contributed by atoms with Crippen LogP contribution >= 0.6 is 11.8 Å². The number of methoxy groups -OCH3 is 1. The van der Waals surface area contributed by atoms with E-state index in [2.05, 4.69) is 0 Å². The Morgan fingerprint density at radius 2 is 2.06 bits per heavy atom. The van der Waals surface area contributed by atoms with Gasteiger partial charge in [-0.3, -0.25) is 0 Å². The molecule has 96 valence electrons. The average molecular weight is 264 g/mol. The largest absolute Gasteiger partial charge is 0.496 e. The van der Waals surface area contributed by atoms with Crippen LogP contribution < -0.4 is 4.74 Å². The molecule has 0 amide bonds. The summed E-state index contributed by atoms with van der Waals surface area (Å²) in [5, 5.41) is 9.90. The molecule has 0 saturated carbocycles. The van der Waals surface area contributed by atoms with Crippen molar-refractivity contribution >= 4 is 11.8 Å². The molecule has 0 aliphatic heterocycles. The van der Waals surface area contributed by atoms with Gasteiger partial charge in [-0.25, -0.2) is 0 Å². The molecular formula is C14H16O3S. The molecule has 0 fully saturated rings. The van der Waals surface area contributed by atoms with E-state index in [4.69, 9.17) is 9.15 Å². The number of aliphatic hydroxyl groups is 1. The van der Waals surface area contributed by atoms with E-state index >= 15 is 0 Å². The van der Waals surface area contributed by atoms with E-state index in [1.807, 2.05) is 31.2 Å². The summed E-state index contributed by atoms with van der Waals surface area (Å²) in [6.45, 7) is 3.66. The normalized spacial score (nSPS) is 12.4. The Balaban J connectivity index is 2.41. The van der Waals surface area contributed by atoms with Crippen molar-refractivity contribution in [3.8, 4) is 5.75 Å². The van der Waals surface area contributed by atoms with E-state index in [-0.39, 0.29) is 0 Å². The quantitative estimate of drug-likeness (QED) is 0.912. The third kappa shape index (κ3) is 2.54. The number of benzene rings is 1. The monoisotopic (exact) mass is 264 g/mol. The zero-order chi connectivity index (χ0) is 13.1. The van der Waals surface area contributed by atoms with Gasteiger partial charge in [-0.05, 0) is 32.0 Å². The van der Waals surface area contributed by atoms with Gasteiger partial charge in [0, 0.05) is 10.5 Å². The molecule has 3 nitrogen and oxygen atoms in total. The van der Waals surface area contributed by atoms with Crippen LogP contribution in [0.4, 0.5) is 0 Å². The second kappa shape index (κ2) is 5.50. The first kappa shape index (κ1) is 13.1. The zero-order valence-corrected chi connectivity index (χ0v) is 11.5. The van der Waals surface area contributed by atoms with Gasteiger partial charge >= 0.3 is 0 Å². The first-order chi connectivity index (χ1) is 8.63. The molecule has 0 radical (unpaired) electrons. The maximum atomic E-state index is 9.90. The van der Waals surface area contributed by atoms with Gasteiger partial charge in [-0.2, -0.15) is 0 Å². The van der Waals surface area contributed by atoms with E-state index in [9.17, 15) is 5.11 Å². The lowest BCUT2D eigenvalue weighted by Crippen LogP contribution is -1.98. The van der Waals surface area contributed by atoms with Crippen molar-refractivity contribution in [1.82, 2.24) is 0 Å². The van der Waals surface area contributed by atoms with E-state index in [1.54, 1.807) is 32.1 Å². The fraction of sp³-hybridized carbons (Fsp3) is 0.286. The SMILES string of the molecule is COc1cccc(Sc2ccoc2C)c1C(C)O. The summed E-state index contributed by atoms with van der Waals surface area (Å²) >= 11 is 1.57. The first-order valence-corrected chi connectivity index (χ1v) is 6.52. The summed E-state index contributed by atoms with van der Waals surface area (Å²) in [7, 11) is 1.61. The van der Waals surface area contributed by atoms with Gasteiger partial charge < -0.3 is 14.3 Å². The summed E-state index contributed by atoms with van der Waals surface area (Å²) in [6.07, 6.45) is 1.09. The molecule has 1 aromatic carbocycles. The molecule has 0 saturated heterocycles. The molecule has 0 aliphatic carbocycles. The maximum absolute atomic E-state index is 9.90. The molecule has 4 heteroatoms. The predicted molar refractivity (Wildman–Crippen MR) is 71.2 cm³/mol. The minimum Gasteiger partial charge on any atom is -0.496 e. The molecule has 1 N–H and O–H groups in total. The third-order valence-electron chi connectivity index (χ3n) is 2.69. The van der Waals surface area contributed by atoms with E-state index in [1.165, 1.54) is 0 Å². The number of ether oxygens (including phenoxy) is 1. The van der Waals surface area contributed by atoms with Crippen LogP contribution in [0, 0.1) is 6.92 Å². The third-order valence-corrected chi connectivity index (χ3v) is 3.91. The van der Waals surface area contributed by atoms with Crippen molar-refractivity contribution in [3.63, 3.8) is 0 Å². The molecule has 0 aliphatic rings. The molecule has 1 aromatic heterocycles. The van der Waals surface area contributed by atoms with Crippen LogP contribution in [0.1, 0.15) is 24.4 Å². The fourth-order valence-electron chi connectivity index (χ4n) is 1.80. The highest BCUT2D eigenvalue weighted by molar-refractivity contribution is 7.99. The highest BCUT2D eigenvalue weighted by atomic mass is 32.2. The van der Waals surface area contributed by atoms with Crippen LogP contribution in [0.15, 0.2) is 44.7 Å². The summed E-state index contributed by atoms with van der Waals surface area (Å²) in [6, 6.07) is 7.67. The van der Waals surface area contributed by atoms with E-state index in [0.29, 0.717) is 5.75 Å². The van der Waals surface area contributed by atoms with E-state index in [0.717, 1.165) is 21.1 Å². The summed E-state index contributed by atoms with van der Waals surface area (Å²) in [4.78, 5) is 2.03. The summed E-state index contributed by atoms with van der Waals surface area (Å²) < 4.78 is 10.6. The van der Waals surface area contributed by atoms with Crippen LogP contribution in [0.2, 0.25) is 0 Å². The van der Waals surface area contributed by atoms with Gasteiger partial charge in [0.2, 0.25) is 0 Å². The fourth-order valence-corrected chi connectivity index (χ4v) is 2.88. The lowest BCUT2D eigenvalue weighted by atomic mass is 10.1. The highest BCUT2D eigenvalue weighted by Crippen LogP contribution is 2.39. The van der Waals surface area contributed by atoms with Gasteiger partial charge in [0.25, 0.3) is 0 Å². The maximum Gasteiger partial charge on any atom is 0.125 e. The molecule has 1 heterocycles.